The Bertz CT molecular complexity index is 347. The number of rotatable bonds is 6. The highest BCUT2D eigenvalue weighted by atomic mass is 19.4. The molecule has 0 aliphatic heterocycles. The van der Waals surface area contributed by atoms with Gasteiger partial charge in [-0.2, -0.15) is 30.7 Å². The highest BCUT2D eigenvalue weighted by Crippen LogP contribution is 2.47. The SMILES string of the molecule is CCC(C)(C)C(=O)OCCC(F)(F)C(F)(F)C(F)(F)F. The van der Waals surface area contributed by atoms with Crippen molar-refractivity contribution >= 4 is 5.97 Å². The molecule has 0 aromatic heterocycles. The maximum absolute atomic E-state index is 12.9. The molecular weight excluding hydrogens is 297 g/mol. The Morgan fingerprint density at radius 1 is 1.00 bits per heavy atom. The van der Waals surface area contributed by atoms with Gasteiger partial charge < -0.3 is 4.74 Å². The molecule has 0 aromatic carbocycles. The number of hydrogen-bond donors (Lipinski definition) is 0. The highest BCUT2D eigenvalue weighted by Gasteiger charge is 2.72. The van der Waals surface area contributed by atoms with E-state index < -0.39 is 42.4 Å². The second-order valence-electron chi connectivity index (χ2n) is 4.90. The Hall–Kier alpha value is -1.02. The highest BCUT2D eigenvalue weighted by molar-refractivity contribution is 5.75. The van der Waals surface area contributed by atoms with Crippen molar-refractivity contribution < 1.29 is 40.3 Å². The first-order chi connectivity index (χ1) is 8.69. The quantitative estimate of drug-likeness (QED) is 0.543. The van der Waals surface area contributed by atoms with Gasteiger partial charge in [-0.15, -0.1) is 0 Å². The van der Waals surface area contributed by atoms with Crippen LogP contribution < -0.4 is 0 Å². The van der Waals surface area contributed by atoms with Crippen LogP contribution in [-0.2, 0) is 9.53 Å². The number of halogens is 7. The molecule has 0 aromatic rings. The molecule has 0 fully saturated rings. The monoisotopic (exact) mass is 312 g/mol. The molecule has 0 spiro atoms. The van der Waals surface area contributed by atoms with Crippen LogP contribution in [0.5, 0.6) is 0 Å². The summed E-state index contributed by atoms with van der Waals surface area (Å²) in [6.07, 6.45) is -7.99. The van der Waals surface area contributed by atoms with E-state index in [2.05, 4.69) is 4.74 Å². The third-order valence-corrected chi connectivity index (χ3v) is 2.90. The van der Waals surface area contributed by atoms with Crippen molar-refractivity contribution in [3.05, 3.63) is 0 Å². The second-order valence-corrected chi connectivity index (χ2v) is 4.90. The van der Waals surface area contributed by atoms with Gasteiger partial charge in [-0.3, -0.25) is 4.79 Å². The van der Waals surface area contributed by atoms with Crippen LogP contribution in [0.1, 0.15) is 33.6 Å². The molecule has 0 saturated heterocycles. The minimum Gasteiger partial charge on any atom is -0.465 e. The lowest BCUT2D eigenvalue weighted by atomic mass is 9.91. The van der Waals surface area contributed by atoms with Crippen molar-refractivity contribution in [3.63, 3.8) is 0 Å². The molecule has 0 unspecified atom stereocenters. The molecule has 20 heavy (non-hydrogen) atoms. The minimum atomic E-state index is -6.37. The van der Waals surface area contributed by atoms with E-state index in [0.29, 0.717) is 6.42 Å². The van der Waals surface area contributed by atoms with Gasteiger partial charge in [0.15, 0.2) is 0 Å². The van der Waals surface area contributed by atoms with Gasteiger partial charge in [0, 0.05) is 0 Å². The Morgan fingerprint density at radius 2 is 1.45 bits per heavy atom. The van der Waals surface area contributed by atoms with Gasteiger partial charge in [0.1, 0.15) is 0 Å². The summed E-state index contributed by atoms with van der Waals surface area (Å²) in [6, 6.07) is 0. The van der Waals surface area contributed by atoms with Crippen molar-refractivity contribution in [2.45, 2.75) is 51.6 Å². The minimum absolute atomic E-state index is 0.293. The third kappa shape index (κ3) is 3.99. The van der Waals surface area contributed by atoms with Gasteiger partial charge in [0.25, 0.3) is 0 Å². The van der Waals surface area contributed by atoms with Gasteiger partial charge in [0.05, 0.1) is 18.4 Å². The smallest absolute Gasteiger partial charge is 0.459 e. The van der Waals surface area contributed by atoms with Crippen LogP contribution in [-0.4, -0.2) is 30.6 Å². The molecule has 9 heteroatoms. The molecule has 0 amide bonds. The molecule has 0 heterocycles. The van der Waals surface area contributed by atoms with Crippen LogP contribution in [0.2, 0.25) is 0 Å². The van der Waals surface area contributed by atoms with Gasteiger partial charge in [-0.1, -0.05) is 6.92 Å². The largest absolute Gasteiger partial charge is 0.465 e. The molecule has 0 aliphatic carbocycles. The predicted molar refractivity (Wildman–Crippen MR) is 55.6 cm³/mol. The predicted octanol–water partition coefficient (Wildman–Crippen LogP) is 4.19. The molecule has 0 atom stereocenters. The molecule has 2 nitrogen and oxygen atoms in total. The Morgan fingerprint density at radius 3 is 1.80 bits per heavy atom. The number of carbonyl (C=O) groups excluding carboxylic acids is 1. The number of carbonyl (C=O) groups is 1. The maximum atomic E-state index is 12.9. The molecule has 0 bridgehead atoms. The first-order valence-electron chi connectivity index (χ1n) is 5.68. The number of esters is 1. The van der Waals surface area contributed by atoms with Crippen LogP contribution >= 0.6 is 0 Å². The van der Waals surface area contributed by atoms with Crippen molar-refractivity contribution in [2.75, 3.05) is 6.61 Å². The summed E-state index contributed by atoms with van der Waals surface area (Å²) in [5, 5.41) is 0. The molecular formula is C11H15F7O2. The van der Waals surface area contributed by atoms with Crippen molar-refractivity contribution in [3.8, 4) is 0 Å². The van der Waals surface area contributed by atoms with Crippen molar-refractivity contribution in [2.24, 2.45) is 5.41 Å². The van der Waals surface area contributed by atoms with E-state index in [0.717, 1.165) is 0 Å². The molecule has 0 radical (unpaired) electrons. The van der Waals surface area contributed by atoms with Gasteiger partial charge in [0.2, 0.25) is 0 Å². The van der Waals surface area contributed by atoms with E-state index in [1.165, 1.54) is 13.8 Å². The van der Waals surface area contributed by atoms with Crippen LogP contribution in [0, 0.1) is 5.41 Å². The average Bonchev–Trinajstić information content (AvgIpc) is 2.26. The Labute approximate surface area is 111 Å². The van der Waals surface area contributed by atoms with Crippen LogP contribution in [0.15, 0.2) is 0 Å². The molecule has 0 saturated carbocycles. The molecule has 120 valence electrons. The van der Waals surface area contributed by atoms with Crippen LogP contribution in [0.25, 0.3) is 0 Å². The molecule has 0 rings (SSSR count). The summed E-state index contributed by atoms with van der Waals surface area (Å²) in [4.78, 5) is 11.4. The second kappa shape index (κ2) is 5.77. The fourth-order valence-electron chi connectivity index (χ4n) is 0.976. The summed E-state index contributed by atoms with van der Waals surface area (Å²) < 4.78 is 90.5. The van der Waals surface area contributed by atoms with Crippen molar-refractivity contribution in [1.29, 1.82) is 0 Å². The van der Waals surface area contributed by atoms with E-state index in [9.17, 15) is 35.5 Å². The first-order valence-corrected chi connectivity index (χ1v) is 5.68. The summed E-state index contributed by atoms with van der Waals surface area (Å²) in [5.41, 5.74) is -1.03. The summed E-state index contributed by atoms with van der Waals surface area (Å²) in [6.45, 7) is 3.24. The lowest BCUT2D eigenvalue weighted by Gasteiger charge is -2.28. The van der Waals surface area contributed by atoms with Gasteiger partial charge in [-0.25, -0.2) is 0 Å². The lowest BCUT2D eigenvalue weighted by molar-refractivity contribution is -0.356. The zero-order valence-electron chi connectivity index (χ0n) is 11.1. The van der Waals surface area contributed by atoms with Crippen LogP contribution in [0.4, 0.5) is 30.7 Å². The zero-order chi connectivity index (χ0) is 16.4. The summed E-state index contributed by atoms with van der Waals surface area (Å²) in [5.74, 6) is -12.5. The van der Waals surface area contributed by atoms with Crippen LogP contribution in [0.3, 0.4) is 0 Å². The van der Waals surface area contributed by atoms with E-state index in [1.54, 1.807) is 6.92 Å². The van der Waals surface area contributed by atoms with E-state index in [4.69, 9.17) is 0 Å². The standard InChI is InChI=1S/C11H15F7O2/c1-4-8(2,3)7(19)20-6-5-9(12,13)10(14,15)11(16,17)18/h4-6H2,1-3H3. The molecule has 0 N–H and O–H groups in total. The topological polar surface area (TPSA) is 26.3 Å². The van der Waals surface area contributed by atoms with Gasteiger partial charge >= 0.3 is 24.0 Å². The lowest BCUT2D eigenvalue weighted by Crippen LogP contribution is -2.52. The average molecular weight is 312 g/mol. The number of alkyl halides is 7. The molecule has 0 aliphatic rings. The summed E-state index contributed by atoms with van der Waals surface area (Å²) in [7, 11) is 0. The first kappa shape index (κ1) is 19.0. The summed E-state index contributed by atoms with van der Waals surface area (Å²) >= 11 is 0. The number of hydrogen-bond acceptors (Lipinski definition) is 2. The van der Waals surface area contributed by atoms with Crippen molar-refractivity contribution in [1.82, 2.24) is 0 Å². The fraction of sp³-hybridized carbons (Fsp3) is 0.909. The van der Waals surface area contributed by atoms with Gasteiger partial charge in [-0.05, 0) is 20.3 Å². The maximum Gasteiger partial charge on any atom is 0.459 e. The third-order valence-electron chi connectivity index (χ3n) is 2.90. The van der Waals surface area contributed by atoms with E-state index in [-0.39, 0.29) is 0 Å². The number of ether oxygens (including phenoxy) is 1. The van der Waals surface area contributed by atoms with E-state index >= 15 is 0 Å². The Kier molecular flexibility index (Phi) is 5.47. The van der Waals surface area contributed by atoms with E-state index in [1.807, 2.05) is 0 Å². The Balaban J connectivity index is 4.64. The fourth-order valence-corrected chi connectivity index (χ4v) is 0.976. The zero-order valence-corrected chi connectivity index (χ0v) is 11.1. The normalized spacial score (nSPS) is 14.3.